The third-order valence-electron chi connectivity index (χ3n) is 12.0. The SMILES string of the molecule is Nc1c(N=Nc2ccc3c(O)c(N=Nc4ccc(N=Nc5c(C(=O)O)[nH]n(-c6cc(S(=O)(=O)O)ccc6S(=O)(=O)O)c5=O)c(S(=O)(=O)O)c4)c(S(=O)(=O)O)cc3c2S(=O)(=O)O)cc(S(=O)(=O)O)c2cc(SOOO)c(N=Nc3ccc([N+](=O)[O-])cc3C(=O)O)c(O)c12. The van der Waals surface area contributed by atoms with Crippen LogP contribution in [0.5, 0.6) is 11.5 Å². The summed E-state index contributed by atoms with van der Waals surface area (Å²) in [5, 5.41) is 93.6. The largest absolute Gasteiger partial charge is 0.505 e. The van der Waals surface area contributed by atoms with Gasteiger partial charge in [-0.15, -0.1) is 40.1 Å². The van der Waals surface area contributed by atoms with Crippen LogP contribution >= 0.6 is 12.0 Å². The minimum Gasteiger partial charge on any atom is -0.505 e. The highest BCUT2D eigenvalue weighted by Crippen LogP contribution is 2.51. The van der Waals surface area contributed by atoms with E-state index in [-0.39, 0.29) is 22.8 Å². The van der Waals surface area contributed by atoms with Gasteiger partial charge >= 0.3 is 11.9 Å². The molecule has 0 unspecified atom stereocenters. The summed E-state index contributed by atoms with van der Waals surface area (Å²) in [5.74, 6) is -6.44. The number of nitro benzene ring substituents is 1. The number of non-ortho nitro benzene ring substituents is 1. The molecule has 1 heterocycles. The van der Waals surface area contributed by atoms with Gasteiger partial charge in [0, 0.05) is 28.3 Å². The standard InChI is InChI=1S/C43H28N12O30S7/c44-33-25(14-29(89(72,73)74)21-12-27(86-85-84-65)34(39(57)32(21)33)50-46-22-6-2-16(55(63)64)10-20(22)42(59)60)49-48-24-7-4-18-19(40(24)92(81,82)83)13-31(91(78,79)80)35(38(18)56)51-45-15-1-5-23(30(9-15)90(75,76)77)47-52-36-37(43(61)62)53-54(41(36)58)26-11-17(87(66,67)68)3-8-28(26)88(69,70)71/h1-14,53,56-57,65H,44H2,(H,59,60)(H,61,62)(H,66,67,68)(H,69,70,71)(H,72,73,74)(H,75,76,77)(H,78,79,80)(H,81,82,83). The number of aromatic nitrogens is 2. The van der Waals surface area contributed by atoms with Crippen molar-refractivity contribution in [2.75, 3.05) is 5.73 Å². The molecule has 0 fully saturated rings. The van der Waals surface area contributed by atoms with Crippen LogP contribution in [0.3, 0.4) is 0 Å². The molecule has 0 saturated heterocycles. The number of aromatic amines is 1. The van der Waals surface area contributed by atoms with Gasteiger partial charge in [-0.3, -0.25) is 47.3 Å². The Morgan fingerprint density at radius 1 is 0.554 bits per heavy atom. The lowest BCUT2D eigenvalue weighted by Crippen LogP contribution is -2.18. The quantitative estimate of drug-likeness (QED) is 0.00636. The Balaban J connectivity index is 1.23. The van der Waals surface area contributed by atoms with Crippen LogP contribution in [0.25, 0.3) is 27.2 Å². The number of nitrogen functional groups attached to an aromatic ring is 1. The lowest BCUT2D eigenvalue weighted by molar-refractivity contribution is -0.432. The van der Waals surface area contributed by atoms with Gasteiger partial charge in [0.05, 0.1) is 54.8 Å². The maximum atomic E-state index is 13.5. The van der Waals surface area contributed by atoms with Crippen LogP contribution in [0.4, 0.5) is 56.9 Å². The number of fused-ring (bicyclic) bond motifs is 2. The maximum Gasteiger partial charge on any atom is 0.356 e. The Morgan fingerprint density at radius 2 is 1.13 bits per heavy atom. The highest BCUT2D eigenvalue weighted by Gasteiger charge is 2.32. The van der Waals surface area contributed by atoms with Crippen molar-refractivity contribution in [2.24, 2.45) is 40.9 Å². The number of hydrogen-bond donors (Lipinski definition) is 13. The molecule has 1 aromatic heterocycles. The molecule has 0 radical (unpaired) electrons. The summed E-state index contributed by atoms with van der Waals surface area (Å²) in [7, 11) is -33.1. The van der Waals surface area contributed by atoms with Crippen LogP contribution in [0.2, 0.25) is 0 Å². The Morgan fingerprint density at radius 3 is 1.71 bits per heavy atom. The summed E-state index contributed by atoms with van der Waals surface area (Å²) in [6.07, 6.45) is 0. The summed E-state index contributed by atoms with van der Waals surface area (Å²) >= 11 is -0.0187. The van der Waals surface area contributed by atoms with Gasteiger partial charge < -0.3 is 26.2 Å². The van der Waals surface area contributed by atoms with Crippen molar-refractivity contribution < 1.29 is 127 Å². The number of azo groups is 4. The van der Waals surface area contributed by atoms with Gasteiger partial charge in [0.1, 0.15) is 58.6 Å². The molecule has 92 heavy (non-hydrogen) atoms. The summed E-state index contributed by atoms with van der Waals surface area (Å²) in [5.41, 5.74) is -7.78. The van der Waals surface area contributed by atoms with E-state index in [0.29, 0.717) is 48.5 Å². The second kappa shape index (κ2) is 24.6. The Hall–Kier alpha value is -10.1. The number of aromatic carboxylic acids is 2. The summed E-state index contributed by atoms with van der Waals surface area (Å²) < 4.78 is 216. The highest BCUT2D eigenvalue weighted by molar-refractivity contribution is 7.94. The normalized spacial score (nSPS) is 13.0. The number of phenols is 2. The monoisotopic (exact) mass is 1420 g/mol. The average molecular weight is 1420 g/mol. The molecular weight excluding hydrogens is 1390 g/mol. The number of nitro groups is 1. The zero-order valence-electron chi connectivity index (χ0n) is 43.7. The topological polar surface area (TPSA) is 686 Å². The molecule has 42 nitrogen and oxygen atoms in total. The van der Waals surface area contributed by atoms with E-state index in [1.807, 2.05) is 5.10 Å². The van der Waals surface area contributed by atoms with Crippen LogP contribution in [0.1, 0.15) is 20.8 Å². The van der Waals surface area contributed by atoms with E-state index >= 15 is 0 Å². The molecule has 49 heteroatoms. The third kappa shape index (κ3) is 13.8. The minimum absolute atomic E-state index is 0.0163. The van der Waals surface area contributed by atoms with Gasteiger partial charge in [0.25, 0.3) is 72.0 Å². The Kier molecular flexibility index (Phi) is 18.1. The number of nitrogens with two attached hydrogens (primary N) is 1. The van der Waals surface area contributed by atoms with Gasteiger partial charge in [-0.25, -0.2) is 19.5 Å². The Labute approximate surface area is 512 Å². The summed E-state index contributed by atoms with van der Waals surface area (Å²) in [6, 6.07) is 8.06. The van der Waals surface area contributed by atoms with Crippen LogP contribution in [-0.2, 0) is 70.1 Å². The highest BCUT2D eigenvalue weighted by atomic mass is 32.2. The van der Waals surface area contributed by atoms with E-state index in [2.05, 4.69) is 50.3 Å². The van der Waals surface area contributed by atoms with E-state index in [0.717, 1.165) is 30.3 Å². The fourth-order valence-corrected chi connectivity index (χ4v) is 12.6. The molecule has 14 N–H and O–H groups in total. The molecule has 0 saturated carbocycles. The smallest absolute Gasteiger partial charge is 0.356 e. The fraction of sp³-hybridized carbons (Fsp3) is 0. The molecule has 0 aliphatic carbocycles. The van der Waals surface area contributed by atoms with Crippen LogP contribution in [0.15, 0.2) is 165 Å². The number of aromatic hydroxyl groups is 2. The molecule has 0 bridgehead atoms. The van der Waals surface area contributed by atoms with Gasteiger partial charge in [-0.2, -0.15) is 55.6 Å². The van der Waals surface area contributed by atoms with Crippen molar-refractivity contribution in [2.45, 2.75) is 34.3 Å². The number of anilines is 1. The van der Waals surface area contributed by atoms with E-state index in [4.69, 9.17) is 11.0 Å². The second-order valence-electron chi connectivity index (χ2n) is 17.6. The van der Waals surface area contributed by atoms with Crippen molar-refractivity contribution >= 4 is 163 Å². The number of hydrogen-bond acceptors (Lipinski definition) is 32. The minimum atomic E-state index is -5.78. The van der Waals surface area contributed by atoms with Crippen molar-refractivity contribution in [1.29, 1.82) is 0 Å². The first-order chi connectivity index (χ1) is 42.5. The molecule has 0 aliphatic rings. The van der Waals surface area contributed by atoms with Crippen LogP contribution in [0, 0.1) is 10.1 Å². The predicted molar refractivity (Wildman–Crippen MR) is 302 cm³/mol. The molecule has 8 aromatic rings. The van der Waals surface area contributed by atoms with E-state index in [1.54, 1.807) is 0 Å². The van der Waals surface area contributed by atoms with Crippen molar-refractivity contribution in [3.8, 4) is 17.2 Å². The number of rotatable bonds is 21. The van der Waals surface area contributed by atoms with E-state index in [1.165, 1.54) is 0 Å². The average Bonchev–Trinajstić information content (AvgIpc) is 0.834. The van der Waals surface area contributed by atoms with Gasteiger partial charge in [-0.1, -0.05) is 5.04 Å². The van der Waals surface area contributed by atoms with Gasteiger partial charge in [0.15, 0.2) is 22.9 Å². The number of carbonyl (C=O) groups is 2. The van der Waals surface area contributed by atoms with Crippen molar-refractivity contribution in [3.05, 3.63) is 117 Å². The number of H-pyrrole nitrogens is 1. The Bertz CT molecular complexity index is 5500. The van der Waals surface area contributed by atoms with Crippen molar-refractivity contribution in [3.63, 3.8) is 0 Å². The number of carboxylic acids is 2. The predicted octanol–water partition coefficient (Wildman–Crippen LogP) is 7.34. The third-order valence-corrected chi connectivity index (χ3v) is 17.9. The summed E-state index contributed by atoms with van der Waals surface area (Å²) in [4.78, 5) is 39.7. The lowest BCUT2D eigenvalue weighted by atomic mass is 10.0. The number of carboxylic acid groups (broad SMARTS) is 2. The number of benzene rings is 7. The molecule has 0 atom stereocenters. The molecule has 8 rings (SSSR count). The molecule has 0 amide bonds. The molecular formula is C43H28N12O30S7. The van der Waals surface area contributed by atoms with Gasteiger partial charge in [-0.05, 0) is 72.8 Å². The van der Waals surface area contributed by atoms with Crippen molar-refractivity contribution in [1.82, 2.24) is 9.78 Å². The molecule has 0 spiro atoms. The second-order valence-corrected chi connectivity index (χ2v) is 26.7. The first-order valence-electron chi connectivity index (χ1n) is 23.0. The van der Waals surface area contributed by atoms with Crippen LogP contribution in [-0.4, -0.2) is 130 Å². The summed E-state index contributed by atoms with van der Waals surface area (Å²) in [6.45, 7) is 0. The molecule has 0 aliphatic heterocycles. The molecule has 7 aromatic carbocycles. The first kappa shape index (κ1) is 67.8. The van der Waals surface area contributed by atoms with E-state index < -0.39 is 224 Å². The van der Waals surface area contributed by atoms with Gasteiger partial charge in [0.2, 0.25) is 0 Å². The molecule has 482 valence electrons. The first-order valence-corrected chi connectivity index (χ1v) is 32.4. The van der Waals surface area contributed by atoms with E-state index in [9.17, 15) is 123 Å². The lowest BCUT2D eigenvalue weighted by Gasteiger charge is -2.15. The zero-order valence-corrected chi connectivity index (χ0v) is 49.4. The number of nitrogens with zero attached hydrogens (tertiary/aromatic N) is 10. The maximum absolute atomic E-state index is 13.5. The number of phenolic OH excluding ortho intramolecular Hbond substituents is 2. The number of nitrogens with one attached hydrogen (secondary N) is 1. The zero-order chi connectivity index (χ0) is 68.3. The van der Waals surface area contributed by atoms with Crippen LogP contribution < -0.4 is 11.3 Å². The fourth-order valence-electron chi connectivity index (χ4n) is 8.11.